The Hall–Kier alpha value is -1.63. The number of hydrogen-bond acceptors (Lipinski definition) is 3. The Morgan fingerprint density at radius 3 is 2.62 bits per heavy atom. The number of sulfonamides is 1. The molecule has 1 aliphatic rings. The van der Waals surface area contributed by atoms with Gasteiger partial charge in [0, 0.05) is 18.1 Å². The summed E-state index contributed by atoms with van der Waals surface area (Å²) in [5.41, 5.74) is 1.89. The van der Waals surface area contributed by atoms with Crippen molar-refractivity contribution in [1.82, 2.24) is 5.32 Å². The third-order valence-electron chi connectivity index (χ3n) is 3.29. The molecule has 21 heavy (non-hydrogen) atoms. The zero-order valence-corrected chi connectivity index (χ0v) is 12.4. The van der Waals surface area contributed by atoms with E-state index in [-0.39, 0.29) is 15.6 Å². The molecule has 7 heteroatoms. The Morgan fingerprint density at radius 1 is 1.10 bits per heavy atom. The van der Waals surface area contributed by atoms with Crippen molar-refractivity contribution in [1.29, 1.82) is 0 Å². The van der Waals surface area contributed by atoms with E-state index >= 15 is 0 Å². The van der Waals surface area contributed by atoms with Crippen LogP contribution in [0.5, 0.6) is 0 Å². The molecule has 0 saturated carbocycles. The van der Waals surface area contributed by atoms with Crippen LogP contribution in [0.15, 0.2) is 41.3 Å². The topological polar surface area (TPSA) is 58.2 Å². The number of halogens is 2. The Labute approximate surface area is 127 Å². The second-order valence-corrected chi connectivity index (χ2v) is 6.88. The van der Waals surface area contributed by atoms with Gasteiger partial charge in [-0.25, -0.2) is 12.8 Å². The van der Waals surface area contributed by atoms with Crippen molar-refractivity contribution in [2.24, 2.45) is 0 Å². The van der Waals surface area contributed by atoms with Gasteiger partial charge in [0.2, 0.25) is 0 Å². The van der Waals surface area contributed by atoms with Gasteiger partial charge in [-0.05, 0) is 41.5 Å². The highest BCUT2D eigenvalue weighted by molar-refractivity contribution is 7.92. The molecular weight excluding hydrogens is 315 g/mol. The van der Waals surface area contributed by atoms with Gasteiger partial charge < -0.3 is 5.32 Å². The Morgan fingerprint density at radius 2 is 1.86 bits per heavy atom. The molecule has 1 aliphatic heterocycles. The number of benzene rings is 2. The summed E-state index contributed by atoms with van der Waals surface area (Å²) in [6, 6.07) is 8.67. The predicted octanol–water partition coefficient (Wildman–Crippen LogP) is 2.88. The lowest BCUT2D eigenvalue weighted by Crippen LogP contribution is -2.14. The van der Waals surface area contributed by atoms with Crippen molar-refractivity contribution in [2.75, 3.05) is 4.72 Å². The fraction of sp³-hybridized carbons (Fsp3) is 0.143. The molecular formula is C14H12ClFN2O2S. The number of anilines is 1. The monoisotopic (exact) mass is 326 g/mol. The first-order valence-electron chi connectivity index (χ1n) is 6.26. The van der Waals surface area contributed by atoms with Crippen LogP contribution in [0.1, 0.15) is 11.1 Å². The lowest BCUT2D eigenvalue weighted by molar-refractivity contribution is 0.598. The van der Waals surface area contributed by atoms with Crippen molar-refractivity contribution < 1.29 is 12.8 Å². The molecule has 0 fully saturated rings. The van der Waals surface area contributed by atoms with E-state index in [4.69, 9.17) is 11.6 Å². The highest BCUT2D eigenvalue weighted by atomic mass is 35.5. The van der Waals surface area contributed by atoms with Crippen molar-refractivity contribution in [3.8, 4) is 0 Å². The maximum absolute atomic E-state index is 13.7. The number of nitrogens with one attached hydrogen (secondary N) is 2. The van der Waals surface area contributed by atoms with Gasteiger partial charge in [-0.1, -0.05) is 17.7 Å². The molecule has 2 aromatic carbocycles. The molecule has 2 N–H and O–H groups in total. The SMILES string of the molecule is O=S(=O)(Nc1ccc(Cl)cc1F)c1ccc2c(c1)CNC2. The van der Waals surface area contributed by atoms with Crippen molar-refractivity contribution >= 4 is 27.3 Å². The quantitative estimate of drug-likeness (QED) is 0.912. The van der Waals surface area contributed by atoms with Gasteiger partial charge in [-0.3, -0.25) is 4.72 Å². The van der Waals surface area contributed by atoms with Crippen LogP contribution < -0.4 is 10.0 Å². The van der Waals surface area contributed by atoms with Crippen LogP contribution in [0.2, 0.25) is 5.02 Å². The molecule has 2 aromatic rings. The standard InChI is InChI=1S/C14H12ClFN2O2S/c15-11-2-4-14(13(16)6-11)18-21(19,20)12-3-1-9-7-17-8-10(9)5-12/h1-6,17-18H,7-8H2. The average molecular weight is 327 g/mol. The lowest BCUT2D eigenvalue weighted by atomic mass is 10.1. The smallest absolute Gasteiger partial charge is 0.261 e. The number of hydrogen-bond donors (Lipinski definition) is 2. The van der Waals surface area contributed by atoms with Crippen molar-refractivity contribution in [3.63, 3.8) is 0 Å². The molecule has 0 spiro atoms. The highest BCUT2D eigenvalue weighted by Gasteiger charge is 2.19. The third-order valence-corrected chi connectivity index (χ3v) is 4.89. The third kappa shape index (κ3) is 2.88. The zero-order chi connectivity index (χ0) is 15.0. The normalized spacial score (nSPS) is 14.0. The van der Waals surface area contributed by atoms with E-state index < -0.39 is 15.8 Å². The van der Waals surface area contributed by atoms with Gasteiger partial charge in [-0.2, -0.15) is 0 Å². The van der Waals surface area contributed by atoms with Gasteiger partial charge in [0.25, 0.3) is 10.0 Å². The summed E-state index contributed by atoms with van der Waals surface area (Å²) in [6.45, 7) is 1.36. The van der Waals surface area contributed by atoms with E-state index in [1.807, 2.05) is 0 Å². The lowest BCUT2D eigenvalue weighted by Gasteiger charge is -2.10. The summed E-state index contributed by atoms with van der Waals surface area (Å²) < 4.78 is 40.5. The minimum absolute atomic E-state index is 0.110. The summed E-state index contributed by atoms with van der Waals surface area (Å²) in [5, 5.41) is 3.35. The van der Waals surface area contributed by atoms with Crippen LogP contribution in [-0.4, -0.2) is 8.42 Å². The first kappa shape index (κ1) is 14.3. The van der Waals surface area contributed by atoms with Gasteiger partial charge in [0.05, 0.1) is 10.6 Å². The van der Waals surface area contributed by atoms with Gasteiger partial charge >= 0.3 is 0 Å². The molecule has 1 heterocycles. The molecule has 0 amide bonds. The molecule has 0 aliphatic carbocycles. The summed E-state index contributed by atoms with van der Waals surface area (Å²) in [7, 11) is -3.83. The van der Waals surface area contributed by atoms with Crippen LogP contribution in [0.3, 0.4) is 0 Å². The van der Waals surface area contributed by atoms with E-state index in [1.165, 1.54) is 18.2 Å². The fourth-order valence-corrected chi connectivity index (χ4v) is 3.49. The summed E-state index contributed by atoms with van der Waals surface area (Å²) in [6.07, 6.45) is 0. The second-order valence-electron chi connectivity index (χ2n) is 4.76. The molecule has 0 bridgehead atoms. The van der Waals surface area contributed by atoms with Crippen molar-refractivity contribution in [2.45, 2.75) is 18.0 Å². The maximum atomic E-state index is 13.7. The number of rotatable bonds is 3. The molecule has 3 rings (SSSR count). The molecule has 0 unspecified atom stereocenters. The fourth-order valence-electron chi connectivity index (χ4n) is 2.21. The predicted molar refractivity (Wildman–Crippen MR) is 79.2 cm³/mol. The van der Waals surface area contributed by atoms with Gasteiger partial charge in [0.1, 0.15) is 5.82 Å². The van der Waals surface area contributed by atoms with Crippen LogP contribution in [0.4, 0.5) is 10.1 Å². The van der Waals surface area contributed by atoms with Crippen LogP contribution >= 0.6 is 11.6 Å². The van der Waals surface area contributed by atoms with E-state index in [9.17, 15) is 12.8 Å². The first-order chi connectivity index (χ1) is 9.95. The molecule has 0 saturated heterocycles. The number of fused-ring (bicyclic) bond motifs is 1. The second kappa shape index (κ2) is 5.29. The first-order valence-corrected chi connectivity index (χ1v) is 8.12. The molecule has 110 valence electrons. The Kier molecular flexibility index (Phi) is 3.61. The van der Waals surface area contributed by atoms with Crippen LogP contribution in [0, 0.1) is 5.82 Å². The summed E-state index contributed by atoms with van der Waals surface area (Å²) in [4.78, 5) is 0.110. The van der Waals surface area contributed by atoms with Gasteiger partial charge in [0.15, 0.2) is 0 Å². The van der Waals surface area contributed by atoms with E-state index in [0.717, 1.165) is 23.7 Å². The minimum Gasteiger partial charge on any atom is -0.309 e. The average Bonchev–Trinajstić information content (AvgIpc) is 2.89. The Balaban J connectivity index is 1.93. The minimum atomic E-state index is -3.83. The Bertz CT molecular complexity index is 809. The summed E-state index contributed by atoms with van der Waals surface area (Å²) >= 11 is 5.64. The summed E-state index contributed by atoms with van der Waals surface area (Å²) in [5.74, 6) is -0.714. The maximum Gasteiger partial charge on any atom is 0.261 e. The highest BCUT2D eigenvalue weighted by Crippen LogP contribution is 2.24. The van der Waals surface area contributed by atoms with E-state index in [1.54, 1.807) is 12.1 Å². The molecule has 0 radical (unpaired) electrons. The van der Waals surface area contributed by atoms with E-state index in [0.29, 0.717) is 6.54 Å². The zero-order valence-electron chi connectivity index (χ0n) is 10.9. The largest absolute Gasteiger partial charge is 0.309 e. The van der Waals surface area contributed by atoms with E-state index in [2.05, 4.69) is 10.0 Å². The van der Waals surface area contributed by atoms with Crippen LogP contribution in [-0.2, 0) is 23.1 Å². The molecule has 0 aromatic heterocycles. The molecule has 4 nitrogen and oxygen atoms in total. The van der Waals surface area contributed by atoms with Gasteiger partial charge in [-0.15, -0.1) is 0 Å². The van der Waals surface area contributed by atoms with Crippen LogP contribution in [0.25, 0.3) is 0 Å². The molecule has 0 atom stereocenters. The van der Waals surface area contributed by atoms with Crippen molar-refractivity contribution in [3.05, 3.63) is 58.4 Å².